The molecule has 6 nitrogen and oxygen atoms in total. The van der Waals surface area contributed by atoms with Gasteiger partial charge in [0.05, 0.1) is 18.2 Å². The maximum Gasteiger partial charge on any atom is 0.239 e. The van der Waals surface area contributed by atoms with Gasteiger partial charge in [-0.25, -0.2) is 0 Å². The number of rotatable bonds is 6. The van der Waals surface area contributed by atoms with Gasteiger partial charge in [-0.05, 0) is 19.8 Å². The third-order valence-electron chi connectivity index (χ3n) is 2.16. The number of hydrogen-bond acceptors (Lipinski definition) is 4. The summed E-state index contributed by atoms with van der Waals surface area (Å²) in [7, 11) is 0. The van der Waals surface area contributed by atoms with Crippen molar-refractivity contribution in [2.75, 3.05) is 13.1 Å². The van der Waals surface area contributed by atoms with Crippen molar-refractivity contribution in [3.05, 3.63) is 0 Å². The van der Waals surface area contributed by atoms with Gasteiger partial charge in [0.15, 0.2) is 0 Å². The van der Waals surface area contributed by atoms with Crippen LogP contribution in [0.2, 0.25) is 0 Å². The Balaban J connectivity index is 3.89. The van der Waals surface area contributed by atoms with E-state index >= 15 is 0 Å². The first-order valence-corrected chi connectivity index (χ1v) is 5.66. The lowest BCUT2D eigenvalue weighted by Crippen LogP contribution is -2.48. The van der Waals surface area contributed by atoms with Gasteiger partial charge in [-0.1, -0.05) is 13.8 Å². The minimum absolute atomic E-state index is 0.0226. The molecule has 0 saturated heterocycles. The number of carbonyl (C=O) groups is 2. The van der Waals surface area contributed by atoms with Crippen LogP contribution in [0.15, 0.2) is 0 Å². The van der Waals surface area contributed by atoms with Crippen molar-refractivity contribution in [2.45, 2.75) is 39.3 Å². The van der Waals surface area contributed by atoms with Gasteiger partial charge in [0.25, 0.3) is 0 Å². The van der Waals surface area contributed by atoms with Gasteiger partial charge in [-0.3, -0.25) is 9.59 Å². The van der Waals surface area contributed by atoms with Gasteiger partial charge in [0.1, 0.15) is 0 Å². The van der Waals surface area contributed by atoms with E-state index in [1.54, 1.807) is 13.8 Å². The lowest BCUT2D eigenvalue weighted by atomic mass is 10.1. The quantitative estimate of drug-likeness (QED) is 0.480. The minimum Gasteiger partial charge on any atom is -0.389 e. The van der Waals surface area contributed by atoms with Crippen molar-refractivity contribution in [3.8, 4) is 0 Å². The van der Waals surface area contributed by atoms with Crippen LogP contribution in [-0.2, 0) is 9.59 Å². The standard InChI is InChI=1S/C11H23N3O3/c1-7(2)9(12)10(16)13-5-8(15)14-6-11(3,4)17/h7,9,17H,5-6,12H2,1-4H3,(H,13,16)(H,14,15)/t9-/m0/s1. The molecule has 0 saturated carbocycles. The van der Waals surface area contributed by atoms with Crippen LogP contribution in [0.25, 0.3) is 0 Å². The summed E-state index contributed by atoms with van der Waals surface area (Å²) in [6, 6.07) is -0.614. The van der Waals surface area contributed by atoms with Crippen LogP contribution in [0.1, 0.15) is 27.7 Å². The molecule has 0 aromatic heterocycles. The molecule has 0 aromatic carbocycles. The molecule has 0 spiro atoms. The summed E-state index contributed by atoms with van der Waals surface area (Å²) in [5, 5.41) is 14.3. The summed E-state index contributed by atoms with van der Waals surface area (Å²) in [6.07, 6.45) is 0. The molecule has 0 unspecified atom stereocenters. The molecule has 0 aromatic rings. The van der Waals surface area contributed by atoms with E-state index in [2.05, 4.69) is 10.6 Å². The Bertz CT molecular complexity index is 272. The Morgan fingerprint density at radius 3 is 2.24 bits per heavy atom. The molecule has 17 heavy (non-hydrogen) atoms. The third-order valence-corrected chi connectivity index (χ3v) is 2.16. The molecule has 0 aliphatic rings. The van der Waals surface area contributed by atoms with Crippen LogP contribution in [0.5, 0.6) is 0 Å². The Labute approximate surface area is 102 Å². The first-order chi connectivity index (χ1) is 7.63. The second kappa shape index (κ2) is 6.56. The molecule has 6 heteroatoms. The number of carbonyl (C=O) groups excluding carboxylic acids is 2. The number of aliphatic hydroxyl groups is 1. The Hall–Kier alpha value is -1.14. The molecule has 100 valence electrons. The van der Waals surface area contributed by atoms with Crippen LogP contribution in [0.4, 0.5) is 0 Å². The zero-order valence-electron chi connectivity index (χ0n) is 10.9. The maximum atomic E-state index is 11.4. The largest absolute Gasteiger partial charge is 0.389 e. The van der Waals surface area contributed by atoms with E-state index in [-0.39, 0.29) is 30.8 Å². The number of hydrogen-bond donors (Lipinski definition) is 4. The van der Waals surface area contributed by atoms with Crippen LogP contribution < -0.4 is 16.4 Å². The van der Waals surface area contributed by atoms with Gasteiger partial charge >= 0.3 is 0 Å². The maximum absolute atomic E-state index is 11.4. The highest BCUT2D eigenvalue weighted by Gasteiger charge is 2.18. The highest BCUT2D eigenvalue weighted by molar-refractivity contribution is 5.87. The van der Waals surface area contributed by atoms with Gasteiger partial charge in [-0.15, -0.1) is 0 Å². The molecule has 0 radical (unpaired) electrons. The van der Waals surface area contributed by atoms with Gasteiger partial charge in [0, 0.05) is 6.54 Å². The summed E-state index contributed by atoms with van der Waals surface area (Å²) in [6.45, 7) is 6.84. The van der Waals surface area contributed by atoms with Crippen molar-refractivity contribution < 1.29 is 14.7 Å². The number of amides is 2. The summed E-state index contributed by atoms with van der Waals surface area (Å²) in [4.78, 5) is 22.7. The van der Waals surface area contributed by atoms with E-state index in [0.29, 0.717) is 0 Å². The molecule has 2 amide bonds. The molecule has 1 atom stereocenters. The highest BCUT2D eigenvalue weighted by Crippen LogP contribution is 1.98. The van der Waals surface area contributed by atoms with Gasteiger partial charge in [-0.2, -0.15) is 0 Å². The Kier molecular flexibility index (Phi) is 6.12. The molecule has 0 aliphatic heterocycles. The Morgan fingerprint density at radius 1 is 1.29 bits per heavy atom. The molecule has 0 heterocycles. The monoisotopic (exact) mass is 245 g/mol. The molecule has 0 aliphatic carbocycles. The predicted octanol–water partition coefficient (Wildman–Crippen LogP) is -1.03. The normalized spacial score (nSPS) is 13.4. The van der Waals surface area contributed by atoms with E-state index in [1.807, 2.05) is 13.8 Å². The van der Waals surface area contributed by atoms with Crippen LogP contribution in [0, 0.1) is 5.92 Å². The van der Waals surface area contributed by atoms with Crippen LogP contribution >= 0.6 is 0 Å². The second-order valence-corrected chi connectivity index (χ2v) is 5.08. The van der Waals surface area contributed by atoms with Crippen LogP contribution in [-0.4, -0.2) is 41.7 Å². The average Bonchev–Trinajstić information content (AvgIpc) is 2.20. The highest BCUT2D eigenvalue weighted by atomic mass is 16.3. The fraction of sp³-hybridized carbons (Fsp3) is 0.818. The first kappa shape index (κ1) is 15.9. The van der Waals surface area contributed by atoms with E-state index in [9.17, 15) is 14.7 Å². The van der Waals surface area contributed by atoms with Crippen molar-refractivity contribution in [1.29, 1.82) is 0 Å². The van der Waals surface area contributed by atoms with Gasteiger partial charge < -0.3 is 21.5 Å². The average molecular weight is 245 g/mol. The van der Waals surface area contributed by atoms with E-state index < -0.39 is 11.6 Å². The molecular weight excluding hydrogens is 222 g/mol. The topological polar surface area (TPSA) is 104 Å². The molecule has 0 bridgehead atoms. The SMILES string of the molecule is CC(C)[C@H](N)C(=O)NCC(=O)NCC(C)(C)O. The van der Waals surface area contributed by atoms with Gasteiger partial charge in [0.2, 0.25) is 11.8 Å². The first-order valence-electron chi connectivity index (χ1n) is 5.66. The fourth-order valence-corrected chi connectivity index (χ4v) is 0.965. The molecule has 0 fully saturated rings. The molecule has 0 rings (SSSR count). The molecular formula is C11H23N3O3. The van der Waals surface area contributed by atoms with E-state index in [1.165, 1.54) is 0 Å². The lowest BCUT2D eigenvalue weighted by molar-refractivity contribution is -0.127. The summed E-state index contributed by atoms with van der Waals surface area (Å²) in [5.41, 5.74) is 4.64. The smallest absolute Gasteiger partial charge is 0.239 e. The van der Waals surface area contributed by atoms with E-state index in [4.69, 9.17) is 5.73 Å². The summed E-state index contributed by atoms with van der Waals surface area (Å²) < 4.78 is 0. The van der Waals surface area contributed by atoms with Crippen molar-refractivity contribution in [3.63, 3.8) is 0 Å². The minimum atomic E-state index is -0.964. The zero-order valence-corrected chi connectivity index (χ0v) is 10.9. The lowest BCUT2D eigenvalue weighted by Gasteiger charge is -2.18. The third kappa shape index (κ3) is 7.70. The van der Waals surface area contributed by atoms with Crippen molar-refractivity contribution >= 4 is 11.8 Å². The Morgan fingerprint density at radius 2 is 1.82 bits per heavy atom. The summed E-state index contributed by atoms with van der Waals surface area (Å²) in [5.74, 6) is -0.677. The van der Waals surface area contributed by atoms with E-state index in [0.717, 1.165) is 0 Å². The zero-order chi connectivity index (χ0) is 13.6. The van der Waals surface area contributed by atoms with Crippen LogP contribution in [0.3, 0.4) is 0 Å². The fourth-order valence-electron chi connectivity index (χ4n) is 0.965. The second-order valence-electron chi connectivity index (χ2n) is 5.08. The molecule has 5 N–H and O–H groups in total. The number of nitrogens with one attached hydrogen (secondary N) is 2. The number of nitrogens with two attached hydrogens (primary N) is 1. The summed E-state index contributed by atoms with van der Waals surface area (Å²) >= 11 is 0. The van der Waals surface area contributed by atoms with Crippen molar-refractivity contribution in [2.24, 2.45) is 11.7 Å². The predicted molar refractivity (Wildman–Crippen MR) is 65.1 cm³/mol. The van der Waals surface area contributed by atoms with Crippen molar-refractivity contribution in [1.82, 2.24) is 10.6 Å².